The lowest BCUT2D eigenvalue weighted by Gasteiger charge is -2.15. The van der Waals surface area contributed by atoms with Crippen molar-refractivity contribution in [2.24, 2.45) is 9.98 Å². The van der Waals surface area contributed by atoms with Gasteiger partial charge in [-0.15, -0.1) is 0 Å². The molecule has 0 atom stereocenters. The molecule has 522 valence electrons. The van der Waals surface area contributed by atoms with Gasteiger partial charge in [0.05, 0.1) is 56.2 Å². The number of aromatic amines is 4. The molecule has 0 amide bonds. The molecule has 36 heteroatoms. The van der Waals surface area contributed by atoms with Crippen LogP contribution in [0.25, 0.3) is 33.4 Å². The summed E-state index contributed by atoms with van der Waals surface area (Å²) in [6, 6.07) is 3.43. The number of H-pyrrole nitrogens is 4. The molecule has 0 spiro atoms. The first-order chi connectivity index (χ1) is 48.1. The fraction of sp³-hybridized carbons (Fsp3) is 0.0303. The number of rotatable bonds is 6. The monoisotopic (exact) mass is 1460 g/mol. The van der Waals surface area contributed by atoms with Crippen LogP contribution in [0.5, 0.6) is 0 Å². The Morgan fingerprint density at radius 1 is 0.206 bits per heavy atom. The van der Waals surface area contributed by atoms with Gasteiger partial charge in [0.1, 0.15) is 0 Å². The maximum atomic E-state index is 16.5. The van der Waals surface area contributed by atoms with Crippen LogP contribution in [-0.4, -0.2) is 31.4 Å². The summed E-state index contributed by atoms with van der Waals surface area (Å²) < 4.78 is 473. The number of aromatic nitrogens is 4. The number of nitrogens with one attached hydrogen (secondary N) is 4. The Balaban J connectivity index is 1.28. The Bertz CT molecular complexity index is 5780. The molecule has 4 N–H and O–H groups in total. The van der Waals surface area contributed by atoms with Crippen LogP contribution >= 0.6 is 0 Å². The second kappa shape index (κ2) is 24.6. The molecule has 4 aromatic heterocycles. The Morgan fingerprint density at radius 3 is 0.765 bits per heavy atom. The van der Waals surface area contributed by atoms with E-state index < -0.39 is 321 Å². The van der Waals surface area contributed by atoms with E-state index in [2.05, 4.69) is 29.9 Å². The van der Waals surface area contributed by atoms with Gasteiger partial charge in [-0.25, -0.2) is 137 Å². The molecule has 0 saturated heterocycles. The van der Waals surface area contributed by atoms with Crippen molar-refractivity contribution in [2.45, 2.75) is 12.8 Å². The first-order valence-electron chi connectivity index (χ1n) is 27.8. The maximum absolute atomic E-state index is 16.5. The predicted molar refractivity (Wildman–Crippen MR) is 293 cm³/mol. The van der Waals surface area contributed by atoms with Crippen molar-refractivity contribution in [3.05, 3.63) is 324 Å². The van der Waals surface area contributed by atoms with Crippen molar-refractivity contribution in [3.8, 4) is 0 Å². The zero-order chi connectivity index (χ0) is 73.9. The second-order valence-electron chi connectivity index (χ2n) is 21.8. The number of hydrogen-bond donors (Lipinski definition) is 4. The predicted octanol–water partition coefficient (Wildman–Crippen LogP) is 15.5. The summed E-state index contributed by atoms with van der Waals surface area (Å²) in [7, 11) is 0. The molecule has 0 unspecified atom stereocenters. The van der Waals surface area contributed by atoms with E-state index in [0.717, 1.165) is 0 Å². The van der Waals surface area contributed by atoms with Gasteiger partial charge in [0, 0.05) is 77.6 Å². The summed E-state index contributed by atoms with van der Waals surface area (Å²) in [5.74, 6) is -85.3. The van der Waals surface area contributed by atoms with Crippen LogP contribution < -0.4 is 21.4 Å². The zero-order valence-corrected chi connectivity index (χ0v) is 48.4. The highest BCUT2D eigenvalue weighted by atomic mass is 19.2. The van der Waals surface area contributed by atoms with Crippen molar-refractivity contribution in [2.75, 3.05) is 0 Å². The molecule has 102 heavy (non-hydrogen) atoms. The lowest BCUT2D eigenvalue weighted by atomic mass is 9.95. The molecule has 0 radical (unpaired) electrons. The summed E-state index contributed by atoms with van der Waals surface area (Å²) in [5.41, 5.74) is -31.9. The van der Waals surface area contributed by atoms with E-state index in [-0.39, 0.29) is 0 Å². The van der Waals surface area contributed by atoms with Crippen LogP contribution in [0.3, 0.4) is 0 Å². The smallest absolute Gasteiger partial charge is 0.200 e. The first kappa shape index (κ1) is 68.9. The minimum Gasteiger partial charge on any atom is -0.354 e. The van der Waals surface area contributed by atoms with Gasteiger partial charge in [-0.1, -0.05) is 0 Å². The molecule has 0 aliphatic carbocycles. The van der Waals surface area contributed by atoms with Gasteiger partial charge in [-0.3, -0.25) is 4.99 Å². The maximum Gasteiger partial charge on any atom is 0.200 e. The van der Waals surface area contributed by atoms with Gasteiger partial charge in [0.15, 0.2) is 140 Å². The van der Waals surface area contributed by atoms with Gasteiger partial charge >= 0.3 is 0 Å². The Labute approximate surface area is 542 Å². The number of nitrogens with zero attached hydrogens (tertiary/aromatic N) is 2. The molecule has 0 saturated carbocycles. The first-order valence-corrected chi connectivity index (χ1v) is 27.8. The van der Waals surface area contributed by atoms with Crippen LogP contribution in [0.2, 0.25) is 0 Å². The van der Waals surface area contributed by atoms with E-state index in [1.54, 1.807) is 0 Å². The average Bonchev–Trinajstić information content (AvgIpc) is 1.59. The lowest BCUT2D eigenvalue weighted by Crippen LogP contribution is -2.23. The number of fused-ring (bicyclic) bond motifs is 10. The summed E-state index contributed by atoms with van der Waals surface area (Å²) in [6.07, 6.45) is -1.55. The standard InChI is InChI=1S/C66H18F30N6/c67-37-31(38(68)50(80)61(91)49(37)79)25-13-1-2-14(97-13)26(32-39(69)51(81)62(92)52(82)40(32)70)16-5-6-18(99-16)28(34-43(73)55(85)64(94)56(86)44(34)74)20-9-10-22(101-20)30(36-47(77)59(89)66(96)60(90)48(36)78)24-12-11-23(102-24)29(35-45(75)57(87)65(95)58(88)46(35)76)21-8-7-19(100-21)27(17-4-3-15(25)98-17)33-41(71)53(83)63(93)54(84)42(33)72/h1-10,98-101H,11-12H2/b25-13+,25-15?,26-14?,26-16+,27-17?,27-19+,28-18+,28-20?,29-21+,29-23?,30-22?,30-24+. The molecule has 6 aromatic carbocycles. The largest absolute Gasteiger partial charge is 0.354 e. The third-order valence-corrected chi connectivity index (χ3v) is 16.3. The lowest BCUT2D eigenvalue weighted by molar-refractivity contribution is 0.376. The summed E-state index contributed by atoms with van der Waals surface area (Å²) in [5, 5.41) is -4.89. The normalized spacial score (nSPS) is 17.7. The molecular formula is C66H18F30N6. The number of benzene rings is 6. The van der Waals surface area contributed by atoms with E-state index in [1.165, 1.54) is 0 Å². The Hall–Kier alpha value is -11.6. The fourth-order valence-corrected chi connectivity index (χ4v) is 11.7. The van der Waals surface area contributed by atoms with Gasteiger partial charge < -0.3 is 19.9 Å². The fourth-order valence-electron chi connectivity index (χ4n) is 11.7. The van der Waals surface area contributed by atoms with E-state index in [4.69, 9.17) is 0 Å². The molecule has 10 aromatic rings. The molecule has 6 nitrogen and oxygen atoms in total. The van der Waals surface area contributed by atoms with Crippen LogP contribution in [0, 0.1) is 175 Å². The third-order valence-electron chi connectivity index (χ3n) is 16.3. The average molecular weight is 1460 g/mol. The molecule has 12 bridgehead atoms. The topological polar surface area (TPSA) is 87.9 Å². The van der Waals surface area contributed by atoms with Gasteiger partial charge in [-0.05, 0) is 73.5 Å². The minimum atomic E-state index is -2.91. The molecule has 13 rings (SSSR count). The second-order valence-corrected chi connectivity index (χ2v) is 21.8. The number of halogens is 30. The third kappa shape index (κ3) is 10.1. The quantitative estimate of drug-likeness (QED) is 0.0726. The van der Waals surface area contributed by atoms with Crippen molar-refractivity contribution in [1.29, 1.82) is 0 Å². The van der Waals surface area contributed by atoms with Crippen molar-refractivity contribution in [3.63, 3.8) is 0 Å². The van der Waals surface area contributed by atoms with E-state index in [1.807, 2.05) is 0 Å². The Kier molecular flexibility index (Phi) is 16.6. The number of hydrogen-bond acceptors (Lipinski definition) is 2. The highest BCUT2D eigenvalue weighted by molar-refractivity contribution is 6.30. The highest BCUT2D eigenvalue weighted by Crippen LogP contribution is 2.44. The van der Waals surface area contributed by atoms with Gasteiger partial charge in [0.25, 0.3) is 0 Å². The molecule has 3 aliphatic heterocycles. The van der Waals surface area contributed by atoms with Gasteiger partial charge in [-0.2, -0.15) is 0 Å². The van der Waals surface area contributed by atoms with Crippen LogP contribution in [0.15, 0.2) is 82.1 Å². The van der Waals surface area contributed by atoms with Crippen LogP contribution in [0.4, 0.5) is 132 Å². The van der Waals surface area contributed by atoms with Crippen LogP contribution in [0.1, 0.15) is 69.0 Å². The summed E-state index contributed by atoms with van der Waals surface area (Å²) in [4.78, 5) is 16.4. The minimum absolute atomic E-state index is 0.378. The molecule has 0 fully saturated rings. The van der Waals surface area contributed by atoms with Crippen molar-refractivity contribution < 1.29 is 132 Å². The number of allylic oxidation sites excluding steroid dienone is 3. The van der Waals surface area contributed by atoms with Crippen molar-refractivity contribution in [1.82, 2.24) is 19.9 Å². The van der Waals surface area contributed by atoms with Crippen molar-refractivity contribution >= 4 is 44.9 Å². The number of aliphatic imine (C=N–C) groups is 2. The van der Waals surface area contributed by atoms with Gasteiger partial charge in [0.2, 0.25) is 34.9 Å². The van der Waals surface area contributed by atoms with E-state index in [9.17, 15) is 26.3 Å². The summed E-state index contributed by atoms with van der Waals surface area (Å²) >= 11 is 0. The van der Waals surface area contributed by atoms with E-state index >= 15 is 105 Å². The Morgan fingerprint density at radius 2 is 0.441 bits per heavy atom. The van der Waals surface area contributed by atoms with E-state index in [0.29, 0.717) is 60.7 Å². The molecule has 3 aliphatic rings. The van der Waals surface area contributed by atoms with Crippen LogP contribution in [-0.2, 0) is 0 Å². The molecule has 7 heterocycles. The summed E-state index contributed by atoms with van der Waals surface area (Å²) in [6.45, 7) is 0. The zero-order valence-electron chi connectivity index (χ0n) is 48.4. The molecular weight excluding hydrogens is 1450 g/mol. The highest BCUT2D eigenvalue weighted by Gasteiger charge is 2.40. The SMILES string of the molecule is Fc1c(F)c(F)c(/C2=C3\C=CC(=N3)/C(c3c(F)c(F)c(F)c(F)c3F)=c3/cc/c([nH]3)=C(\c3c(F)c(F)c(F)c(F)c3F)c3ccc([nH]3)/C(c3c(F)c(F)c(F)c(F)c3F)=C3/CCC(=N3)/C(c3c(F)c(F)c(F)c(F)c3F)=c3/cc/c([nH]3)=C(\c3c(F)c(F)c(F)c(F)c3F)c3ccc2[nH]3)c(F)c1F.